The van der Waals surface area contributed by atoms with Crippen LogP contribution < -0.4 is 5.32 Å². The highest BCUT2D eigenvalue weighted by molar-refractivity contribution is 9.11. The summed E-state index contributed by atoms with van der Waals surface area (Å²) in [4.78, 5) is 60.8. The second-order valence-corrected chi connectivity index (χ2v) is 16.8. The Hall–Kier alpha value is -3.02. The van der Waals surface area contributed by atoms with E-state index < -0.39 is 59.1 Å². The van der Waals surface area contributed by atoms with Crippen molar-refractivity contribution in [1.29, 1.82) is 0 Å². The van der Waals surface area contributed by atoms with Crippen molar-refractivity contribution in [3.05, 3.63) is 58.6 Å². The lowest BCUT2D eigenvalue weighted by molar-refractivity contribution is -0.161. The normalized spacial score (nSPS) is 31.6. The monoisotopic (exact) mass is 741 g/mol. The molecule has 2 saturated heterocycles. The lowest BCUT2D eigenvalue weighted by Gasteiger charge is -2.46. The van der Waals surface area contributed by atoms with E-state index in [-0.39, 0.29) is 49.3 Å². The number of halogens is 1. The number of hydrogen-bond acceptors (Lipinski definition) is 7. The number of amides is 3. The summed E-state index contributed by atoms with van der Waals surface area (Å²) in [6.07, 6.45) is 5.95. The SMILES string of the molecule is CC[C@H](C)[C@H](CO)N1C(=O)[C@@H]2[C@H]3C(=O)O[C@@H](c4ccccc4)CNC(=O)CC/C=C\CN(C(C)(C)CC(C)(C)C)C(=O)[C@@H]1[C@]21C=C(Br)[C@H]3O1. The number of ether oxygens (including phenoxy) is 2. The number of nitrogens with one attached hydrogen (secondary N) is 1. The largest absolute Gasteiger partial charge is 0.455 e. The molecule has 4 aliphatic rings. The number of likely N-dealkylation sites (tertiary alicyclic amines) is 1. The second-order valence-electron chi connectivity index (χ2n) is 15.9. The minimum absolute atomic E-state index is 0.0555. The fraction of sp³-hybridized carbons (Fsp3) is 0.632. The Labute approximate surface area is 298 Å². The van der Waals surface area contributed by atoms with Crippen molar-refractivity contribution in [3.63, 3.8) is 0 Å². The van der Waals surface area contributed by atoms with Crippen LogP contribution in [-0.4, -0.2) is 87.6 Å². The molecule has 8 atom stereocenters. The van der Waals surface area contributed by atoms with Gasteiger partial charge in [0, 0.05) is 23.0 Å². The molecule has 10 nitrogen and oxygen atoms in total. The van der Waals surface area contributed by atoms with Crippen molar-refractivity contribution in [1.82, 2.24) is 15.1 Å². The van der Waals surface area contributed by atoms with Gasteiger partial charge < -0.3 is 29.7 Å². The highest BCUT2D eigenvalue weighted by Crippen LogP contribution is 2.60. The van der Waals surface area contributed by atoms with E-state index in [1.54, 1.807) is 11.0 Å². The summed E-state index contributed by atoms with van der Waals surface area (Å²) in [5, 5.41) is 13.7. The minimum Gasteiger partial charge on any atom is -0.455 e. The van der Waals surface area contributed by atoms with Crippen molar-refractivity contribution in [2.24, 2.45) is 23.2 Å². The summed E-state index contributed by atoms with van der Waals surface area (Å²) in [7, 11) is 0. The van der Waals surface area contributed by atoms with Gasteiger partial charge >= 0.3 is 5.97 Å². The smallest absolute Gasteiger partial charge is 0.313 e. The van der Waals surface area contributed by atoms with Crippen LogP contribution in [0, 0.1) is 23.2 Å². The Balaban J connectivity index is 1.67. The summed E-state index contributed by atoms with van der Waals surface area (Å²) >= 11 is 3.63. The number of esters is 1. The van der Waals surface area contributed by atoms with E-state index in [1.165, 1.54) is 4.90 Å². The third kappa shape index (κ3) is 7.13. The van der Waals surface area contributed by atoms with Crippen LogP contribution >= 0.6 is 15.9 Å². The van der Waals surface area contributed by atoms with Gasteiger partial charge in [0.2, 0.25) is 17.7 Å². The summed E-state index contributed by atoms with van der Waals surface area (Å²) in [5.41, 5.74) is -1.56. The number of hydrogen-bond donors (Lipinski definition) is 2. The number of fused-ring (bicyclic) bond motifs is 2. The maximum atomic E-state index is 15.3. The molecule has 1 aromatic carbocycles. The number of aliphatic hydroxyl groups is 1. The topological polar surface area (TPSA) is 125 Å². The first-order chi connectivity index (χ1) is 23.1. The lowest BCUT2D eigenvalue weighted by atomic mass is 9.74. The van der Waals surface area contributed by atoms with Crippen LogP contribution in [0.1, 0.15) is 85.8 Å². The standard InChI is InChI=1S/C38H52BrN3O7/c1-8-23(2)26(21-43)42-32-34(46)41(37(6,7)22-36(3,4)5)18-14-10-13-17-28(44)40-20-27(24-15-11-9-12-16-24)48-35(47)29-30(33(42)45)38(32)19-25(39)31(29)49-38/h9-12,14-16,19,23,26-27,29-32,43H,8,13,17-18,20-22H2,1-7H3,(H,40,44)/b14-10-/t23-,26-,27+,29+,30-,31+,32+,38-/m0/s1. The molecule has 0 saturated carbocycles. The van der Waals surface area contributed by atoms with Crippen LogP contribution in [-0.2, 0) is 28.7 Å². The minimum atomic E-state index is -1.47. The highest BCUT2D eigenvalue weighted by Gasteiger charge is 2.76. The predicted molar refractivity (Wildman–Crippen MR) is 189 cm³/mol. The molecule has 11 heteroatoms. The molecule has 0 radical (unpaired) electrons. The number of cyclic esters (lactones) is 1. The number of nitrogens with zero attached hydrogens (tertiary/aromatic N) is 2. The molecule has 5 rings (SSSR count). The Bertz CT molecular complexity index is 1490. The average Bonchev–Trinajstić information content (AvgIpc) is 3.63. The van der Waals surface area contributed by atoms with Crippen molar-refractivity contribution < 1.29 is 33.8 Å². The molecule has 0 aromatic heterocycles. The first-order valence-electron chi connectivity index (χ1n) is 17.5. The van der Waals surface area contributed by atoms with E-state index in [1.807, 2.05) is 70.2 Å². The van der Waals surface area contributed by atoms with E-state index in [0.29, 0.717) is 29.3 Å². The van der Waals surface area contributed by atoms with Gasteiger partial charge in [0.25, 0.3) is 0 Å². The molecule has 1 aromatic rings. The zero-order valence-corrected chi connectivity index (χ0v) is 31.4. The van der Waals surface area contributed by atoms with Crippen LogP contribution in [0.4, 0.5) is 0 Å². The van der Waals surface area contributed by atoms with Gasteiger partial charge in [-0.3, -0.25) is 19.2 Å². The molecule has 49 heavy (non-hydrogen) atoms. The molecule has 2 N–H and O–H groups in total. The maximum absolute atomic E-state index is 15.3. The second kappa shape index (κ2) is 14.3. The fourth-order valence-corrected chi connectivity index (χ4v) is 9.21. The molecule has 4 heterocycles. The van der Waals surface area contributed by atoms with Crippen LogP contribution in [0.2, 0.25) is 0 Å². The molecule has 5 bridgehead atoms. The zero-order chi connectivity index (χ0) is 35.9. The summed E-state index contributed by atoms with van der Waals surface area (Å²) in [6, 6.07) is 7.35. The molecule has 4 aliphatic heterocycles. The molecular weight excluding hydrogens is 690 g/mol. The zero-order valence-electron chi connectivity index (χ0n) is 29.8. The van der Waals surface area contributed by atoms with Gasteiger partial charge in [-0.25, -0.2) is 0 Å². The summed E-state index contributed by atoms with van der Waals surface area (Å²) in [5.74, 6) is -3.81. The van der Waals surface area contributed by atoms with Crippen molar-refractivity contribution in [2.45, 2.75) is 110 Å². The van der Waals surface area contributed by atoms with E-state index in [4.69, 9.17) is 9.47 Å². The number of rotatable bonds is 7. The fourth-order valence-electron chi connectivity index (χ4n) is 8.47. The number of carbonyl (C=O) groups excluding carboxylic acids is 4. The average molecular weight is 743 g/mol. The third-order valence-corrected chi connectivity index (χ3v) is 11.3. The van der Waals surface area contributed by atoms with Gasteiger partial charge in [0.1, 0.15) is 29.8 Å². The molecule has 2 fully saturated rings. The number of aliphatic hydroxyl groups excluding tert-OH is 1. The van der Waals surface area contributed by atoms with Gasteiger partial charge in [-0.1, -0.05) is 99.5 Å². The Kier molecular flexibility index (Phi) is 10.9. The molecule has 0 unspecified atom stereocenters. The van der Waals surface area contributed by atoms with E-state index in [0.717, 1.165) is 0 Å². The van der Waals surface area contributed by atoms with Gasteiger partial charge in [-0.05, 0) is 49.7 Å². The molecule has 0 aliphatic carbocycles. The number of carbonyl (C=O) groups is 4. The van der Waals surface area contributed by atoms with Gasteiger partial charge in [0.05, 0.1) is 25.1 Å². The van der Waals surface area contributed by atoms with Gasteiger partial charge in [-0.15, -0.1) is 0 Å². The van der Waals surface area contributed by atoms with E-state index in [9.17, 15) is 19.5 Å². The maximum Gasteiger partial charge on any atom is 0.313 e. The first kappa shape index (κ1) is 37.2. The van der Waals surface area contributed by atoms with Crippen molar-refractivity contribution in [2.75, 3.05) is 19.7 Å². The van der Waals surface area contributed by atoms with E-state index in [2.05, 4.69) is 42.0 Å². The van der Waals surface area contributed by atoms with E-state index >= 15 is 4.79 Å². The summed E-state index contributed by atoms with van der Waals surface area (Å²) < 4.78 is 13.5. The first-order valence-corrected chi connectivity index (χ1v) is 18.3. The third-order valence-electron chi connectivity index (χ3n) is 10.6. The Morgan fingerprint density at radius 2 is 1.76 bits per heavy atom. The Morgan fingerprint density at radius 3 is 2.39 bits per heavy atom. The molecule has 1 spiro atoms. The van der Waals surface area contributed by atoms with Crippen LogP contribution in [0.5, 0.6) is 0 Å². The van der Waals surface area contributed by atoms with Gasteiger partial charge in [0.15, 0.2) is 0 Å². The van der Waals surface area contributed by atoms with Crippen molar-refractivity contribution >= 4 is 39.6 Å². The predicted octanol–water partition coefficient (Wildman–Crippen LogP) is 5.06. The summed E-state index contributed by atoms with van der Waals surface area (Å²) in [6.45, 7) is 14.3. The Morgan fingerprint density at radius 1 is 1.06 bits per heavy atom. The van der Waals surface area contributed by atoms with Crippen molar-refractivity contribution in [3.8, 4) is 0 Å². The highest BCUT2D eigenvalue weighted by atomic mass is 79.9. The van der Waals surface area contributed by atoms with Crippen LogP contribution in [0.15, 0.2) is 53.0 Å². The molecule has 268 valence electrons. The number of allylic oxidation sites excluding steroid dienone is 1. The van der Waals surface area contributed by atoms with Crippen LogP contribution in [0.25, 0.3) is 0 Å². The van der Waals surface area contributed by atoms with Gasteiger partial charge in [-0.2, -0.15) is 0 Å². The molecular formula is C38H52BrN3O7. The quantitative estimate of drug-likeness (QED) is 0.296. The molecule has 3 amide bonds. The number of benzene rings is 1. The van der Waals surface area contributed by atoms with Crippen LogP contribution in [0.3, 0.4) is 0 Å². The lowest BCUT2D eigenvalue weighted by Crippen LogP contribution is -2.63.